The molecule has 7 nitrogen and oxygen atoms in total. The van der Waals surface area contributed by atoms with Crippen LogP contribution in [0.4, 0.5) is 5.69 Å². The number of ether oxygens (including phenoxy) is 1. The number of hydrogen-bond acceptors (Lipinski definition) is 5. The second kappa shape index (κ2) is 6.64. The van der Waals surface area contributed by atoms with Crippen molar-refractivity contribution in [2.24, 2.45) is 23.7 Å². The van der Waals surface area contributed by atoms with Gasteiger partial charge >= 0.3 is 5.97 Å². The SMILES string of the molecule is C[C@H](C(=O)OCC(=O)Nc1ccccc1)N1C(=O)[C@@H]2[C@@H](C1=O)[C@H]1C=C[C@H]2C1. The number of benzene rings is 1. The van der Waals surface area contributed by atoms with Crippen molar-refractivity contribution in [2.45, 2.75) is 19.4 Å². The van der Waals surface area contributed by atoms with E-state index in [1.165, 1.54) is 6.92 Å². The summed E-state index contributed by atoms with van der Waals surface area (Å²) in [4.78, 5) is 50.6. The number of para-hydroxylation sites is 1. The fourth-order valence-electron chi connectivity index (χ4n) is 4.39. The number of allylic oxidation sites excluding steroid dienone is 2. The summed E-state index contributed by atoms with van der Waals surface area (Å²) in [7, 11) is 0. The Kier molecular flexibility index (Phi) is 4.30. The third-order valence-corrected chi connectivity index (χ3v) is 5.64. The van der Waals surface area contributed by atoms with Gasteiger partial charge in [-0.25, -0.2) is 4.79 Å². The van der Waals surface area contributed by atoms with Gasteiger partial charge in [0.1, 0.15) is 6.04 Å². The molecule has 1 heterocycles. The smallest absolute Gasteiger partial charge is 0.329 e. The minimum atomic E-state index is -1.04. The van der Waals surface area contributed by atoms with Crippen LogP contribution in [-0.4, -0.2) is 41.2 Å². The maximum Gasteiger partial charge on any atom is 0.329 e. The standard InChI is InChI=1S/C20H20N2O5/c1-11(20(26)27-10-15(23)21-14-5-3-2-4-6-14)22-18(24)16-12-7-8-13(9-12)17(16)19(22)25/h2-8,11-13,16-17H,9-10H2,1H3,(H,21,23)/t11-,12+,13+,16+,17+/m1/s1. The molecule has 7 heteroatoms. The van der Waals surface area contributed by atoms with Gasteiger partial charge in [-0.2, -0.15) is 0 Å². The second-order valence-electron chi connectivity index (χ2n) is 7.24. The summed E-state index contributed by atoms with van der Waals surface area (Å²) in [5.74, 6) is -2.41. The summed E-state index contributed by atoms with van der Waals surface area (Å²) >= 11 is 0. The first-order valence-electron chi connectivity index (χ1n) is 9.04. The Balaban J connectivity index is 1.35. The van der Waals surface area contributed by atoms with Gasteiger partial charge in [-0.3, -0.25) is 19.3 Å². The molecule has 4 rings (SSSR count). The monoisotopic (exact) mass is 368 g/mol. The van der Waals surface area contributed by atoms with Gasteiger partial charge in [-0.15, -0.1) is 0 Å². The quantitative estimate of drug-likeness (QED) is 0.481. The van der Waals surface area contributed by atoms with Gasteiger partial charge in [0.25, 0.3) is 5.91 Å². The zero-order valence-corrected chi connectivity index (χ0v) is 14.8. The van der Waals surface area contributed by atoms with Crippen LogP contribution in [0.15, 0.2) is 42.5 Å². The van der Waals surface area contributed by atoms with Gasteiger partial charge in [0, 0.05) is 5.69 Å². The molecule has 2 bridgehead atoms. The van der Waals surface area contributed by atoms with Crippen LogP contribution < -0.4 is 5.32 Å². The number of hydrogen-bond donors (Lipinski definition) is 1. The zero-order chi connectivity index (χ0) is 19.1. The number of carbonyl (C=O) groups excluding carboxylic acids is 4. The van der Waals surface area contributed by atoms with Gasteiger partial charge in [-0.05, 0) is 37.3 Å². The van der Waals surface area contributed by atoms with Crippen molar-refractivity contribution in [1.29, 1.82) is 0 Å². The third-order valence-electron chi connectivity index (χ3n) is 5.64. The summed E-state index contributed by atoms with van der Waals surface area (Å²) in [5, 5.41) is 2.60. The fraction of sp³-hybridized carbons (Fsp3) is 0.400. The van der Waals surface area contributed by atoms with E-state index < -0.39 is 24.5 Å². The van der Waals surface area contributed by atoms with Crippen molar-refractivity contribution < 1.29 is 23.9 Å². The van der Waals surface area contributed by atoms with Crippen LogP contribution in [0.1, 0.15) is 13.3 Å². The Hall–Kier alpha value is -2.96. The highest BCUT2D eigenvalue weighted by atomic mass is 16.5. The topological polar surface area (TPSA) is 92.8 Å². The average Bonchev–Trinajstić information content (AvgIpc) is 3.34. The Morgan fingerprint density at radius 2 is 1.70 bits per heavy atom. The Morgan fingerprint density at radius 3 is 2.30 bits per heavy atom. The van der Waals surface area contributed by atoms with E-state index in [4.69, 9.17) is 4.74 Å². The van der Waals surface area contributed by atoms with Gasteiger partial charge in [0.05, 0.1) is 11.8 Å². The lowest BCUT2D eigenvalue weighted by molar-refractivity contribution is -0.159. The first-order chi connectivity index (χ1) is 13.0. The summed E-state index contributed by atoms with van der Waals surface area (Å²) in [6, 6.07) is 7.74. The molecule has 1 N–H and O–H groups in total. The number of likely N-dealkylation sites (tertiary alicyclic amines) is 1. The Morgan fingerprint density at radius 1 is 1.11 bits per heavy atom. The molecular weight excluding hydrogens is 348 g/mol. The van der Waals surface area contributed by atoms with Crippen LogP contribution >= 0.6 is 0 Å². The molecule has 3 aliphatic rings. The zero-order valence-electron chi connectivity index (χ0n) is 14.8. The molecule has 27 heavy (non-hydrogen) atoms. The van der Waals surface area contributed by atoms with Gasteiger partial charge < -0.3 is 10.1 Å². The number of imide groups is 1. The lowest BCUT2D eigenvalue weighted by Crippen LogP contribution is -2.45. The molecule has 5 atom stereocenters. The molecule has 0 spiro atoms. The highest BCUT2D eigenvalue weighted by molar-refractivity contribution is 6.09. The first kappa shape index (κ1) is 17.5. The van der Waals surface area contributed by atoms with E-state index in [0.29, 0.717) is 5.69 Å². The molecule has 140 valence electrons. The molecule has 3 amide bonds. The molecule has 1 saturated heterocycles. The third kappa shape index (κ3) is 2.93. The number of nitrogens with one attached hydrogen (secondary N) is 1. The molecule has 1 aromatic rings. The van der Waals surface area contributed by atoms with Crippen LogP contribution in [0.25, 0.3) is 0 Å². The fourth-order valence-corrected chi connectivity index (χ4v) is 4.39. The van der Waals surface area contributed by atoms with Gasteiger partial charge in [-0.1, -0.05) is 30.4 Å². The molecule has 0 unspecified atom stereocenters. The van der Waals surface area contributed by atoms with Crippen molar-refractivity contribution >= 4 is 29.4 Å². The average molecular weight is 368 g/mol. The highest BCUT2D eigenvalue weighted by Crippen LogP contribution is 2.52. The number of rotatable bonds is 5. The number of nitrogens with zero attached hydrogens (tertiary/aromatic N) is 1. The first-order valence-corrected chi connectivity index (χ1v) is 9.04. The molecule has 2 fully saturated rings. The van der Waals surface area contributed by atoms with E-state index in [1.54, 1.807) is 24.3 Å². The molecule has 1 aromatic carbocycles. The van der Waals surface area contributed by atoms with Gasteiger partial charge in [0.2, 0.25) is 11.8 Å². The predicted octanol–water partition coefficient (Wildman–Crippen LogP) is 1.36. The normalized spacial score (nSPS) is 29.0. The number of fused-ring (bicyclic) bond motifs is 5. The molecule has 1 aliphatic heterocycles. The molecule has 0 aromatic heterocycles. The lowest BCUT2D eigenvalue weighted by Gasteiger charge is -2.23. The summed E-state index contributed by atoms with van der Waals surface area (Å²) < 4.78 is 5.03. The molecular formula is C20H20N2O5. The predicted molar refractivity (Wildman–Crippen MR) is 95.1 cm³/mol. The minimum Gasteiger partial charge on any atom is -0.454 e. The summed E-state index contributed by atoms with van der Waals surface area (Å²) in [6.07, 6.45) is 4.83. The molecule has 2 aliphatic carbocycles. The van der Waals surface area contributed by atoms with Crippen molar-refractivity contribution in [3.63, 3.8) is 0 Å². The summed E-state index contributed by atoms with van der Waals surface area (Å²) in [6.45, 7) is 0.984. The number of amides is 3. The number of anilines is 1. The minimum absolute atomic E-state index is 0.0846. The van der Waals surface area contributed by atoms with E-state index in [1.807, 2.05) is 18.2 Å². The number of carbonyl (C=O) groups is 4. The highest BCUT2D eigenvalue weighted by Gasteiger charge is 2.60. The van der Waals surface area contributed by atoms with Crippen molar-refractivity contribution in [1.82, 2.24) is 4.90 Å². The Bertz CT molecular complexity index is 804. The van der Waals surface area contributed by atoms with Crippen LogP contribution in [0.5, 0.6) is 0 Å². The van der Waals surface area contributed by atoms with Gasteiger partial charge in [0.15, 0.2) is 6.61 Å². The second-order valence-corrected chi connectivity index (χ2v) is 7.24. The lowest BCUT2D eigenvalue weighted by atomic mass is 9.85. The molecule has 0 radical (unpaired) electrons. The van der Waals surface area contributed by atoms with E-state index >= 15 is 0 Å². The van der Waals surface area contributed by atoms with Crippen LogP contribution in [0.2, 0.25) is 0 Å². The largest absolute Gasteiger partial charge is 0.454 e. The van der Waals surface area contributed by atoms with Crippen LogP contribution in [0, 0.1) is 23.7 Å². The van der Waals surface area contributed by atoms with E-state index in [0.717, 1.165) is 11.3 Å². The van der Waals surface area contributed by atoms with Crippen molar-refractivity contribution in [3.05, 3.63) is 42.5 Å². The van der Waals surface area contributed by atoms with E-state index in [9.17, 15) is 19.2 Å². The van der Waals surface area contributed by atoms with Crippen LogP contribution in [0.3, 0.4) is 0 Å². The maximum atomic E-state index is 12.7. The summed E-state index contributed by atoms with van der Waals surface area (Å²) in [5.41, 5.74) is 0.590. The number of esters is 1. The van der Waals surface area contributed by atoms with E-state index in [2.05, 4.69) is 5.32 Å². The van der Waals surface area contributed by atoms with Crippen molar-refractivity contribution in [3.8, 4) is 0 Å². The molecule has 1 saturated carbocycles. The van der Waals surface area contributed by atoms with Crippen molar-refractivity contribution in [2.75, 3.05) is 11.9 Å². The Labute approximate surface area is 156 Å². The van der Waals surface area contributed by atoms with E-state index in [-0.39, 0.29) is 35.5 Å². The maximum absolute atomic E-state index is 12.7. The van der Waals surface area contributed by atoms with Crippen LogP contribution in [-0.2, 0) is 23.9 Å².